The van der Waals surface area contributed by atoms with Crippen molar-refractivity contribution < 1.29 is 5.11 Å². The second-order valence-electron chi connectivity index (χ2n) is 7.17. The molecule has 0 radical (unpaired) electrons. The molecule has 0 unspecified atom stereocenters. The minimum Gasteiger partial charge on any atom is -0.508 e. The summed E-state index contributed by atoms with van der Waals surface area (Å²) in [6.45, 7) is 2.32. The molecule has 154 valence electrons. The normalized spacial score (nSPS) is 11.1. The molecule has 0 atom stereocenters. The maximum absolute atomic E-state index is 12.7. The van der Waals surface area contributed by atoms with Gasteiger partial charge in [-0.15, -0.1) is 0 Å². The standard InChI is InChI=1S/C22H19N7O2/c1-13-8-15(29-7-6-23-12-29)10-18-20(13)28-21(27-18)19-17(3-5-25-22(19)31)26-11-14-9-16(30)2-4-24-14/h2-10,12H,11H2,1H3,(H,24,30)(H,27,28)(H2,25,26,31). The predicted molar refractivity (Wildman–Crippen MR) is 117 cm³/mol. The molecule has 0 saturated heterocycles. The molecule has 5 rings (SSSR count). The van der Waals surface area contributed by atoms with Crippen LogP contribution in [0.5, 0.6) is 5.75 Å². The van der Waals surface area contributed by atoms with Crippen molar-refractivity contribution in [3.63, 3.8) is 0 Å². The number of benzene rings is 1. The Labute approximate surface area is 176 Å². The van der Waals surface area contributed by atoms with Crippen LogP contribution >= 0.6 is 0 Å². The zero-order chi connectivity index (χ0) is 21.4. The van der Waals surface area contributed by atoms with E-state index in [1.165, 1.54) is 12.3 Å². The number of anilines is 1. The molecule has 0 aliphatic carbocycles. The Bertz CT molecular complexity index is 1430. The van der Waals surface area contributed by atoms with E-state index >= 15 is 0 Å². The van der Waals surface area contributed by atoms with Crippen LogP contribution < -0.4 is 10.9 Å². The van der Waals surface area contributed by atoms with E-state index in [9.17, 15) is 9.90 Å². The van der Waals surface area contributed by atoms with Gasteiger partial charge in [-0.1, -0.05) is 0 Å². The molecule has 0 aliphatic rings. The van der Waals surface area contributed by atoms with Gasteiger partial charge in [-0.2, -0.15) is 0 Å². The molecule has 0 fully saturated rings. The van der Waals surface area contributed by atoms with Crippen LogP contribution in [-0.4, -0.2) is 34.6 Å². The van der Waals surface area contributed by atoms with E-state index in [-0.39, 0.29) is 11.3 Å². The second kappa shape index (κ2) is 7.45. The summed E-state index contributed by atoms with van der Waals surface area (Å²) in [5, 5.41) is 12.9. The van der Waals surface area contributed by atoms with Crippen molar-refractivity contribution >= 4 is 16.7 Å². The molecule has 4 aromatic heterocycles. The Morgan fingerprint density at radius 3 is 2.90 bits per heavy atom. The first kappa shape index (κ1) is 18.6. The highest BCUT2D eigenvalue weighted by Gasteiger charge is 2.16. The van der Waals surface area contributed by atoms with Gasteiger partial charge in [0.05, 0.1) is 35.3 Å². The summed E-state index contributed by atoms with van der Waals surface area (Å²) in [6.07, 6.45) is 8.44. The van der Waals surface area contributed by atoms with Gasteiger partial charge in [-0.25, -0.2) is 9.97 Å². The average Bonchev–Trinajstić information content (AvgIpc) is 3.42. The Morgan fingerprint density at radius 1 is 1.19 bits per heavy atom. The minimum atomic E-state index is -0.264. The first-order valence-electron chi connectivity index (χ1n) is 9.67. The maximum atomic E-state index is 12.7. The Morgan fingerprint density at radius 2 is 2.10 bits per heavy atom. The van der Waals surface area contributed by atoms with Crippen molar-refractivity contribution in [2.75, 3.05) is 5.32 Å². The van der Waals surface area contributed by atoms with Crippen LogP contribution in [-0.2, 0) is 6.54 Å². The van der Waals surface area contributed by atoms with E-state index < -0.39 is 0 Å². The lowest BCUT2D eigenvalue weighted by Crippen LogP contribution is -2.13. The van der Waals surface area contributed by atoms with E-state index in [1.807, 2.05) is 29.8 Å². The highest BCUT2D eigenvalue weighted by Crippen LogP contribution is 2.27. The van der Waals surface area contributed by atoms with E-state index in [2.05, 4.69) is 25.3 Å². The summed E-state index contributed by atoms with van der Waals surface area (Å²) in [4.78, 5) is 31.7. The molecule has 4 N–H and O–H groups in total. The van der Waals surface area contributed by atoms with Gasteiger partial charge >= 0.3 is 0 Å². The van der Waals surface area contributed by atoms with Gasteiger partial charge in [0, 0.05) is 36.5 Å². The van der Waals surface area contributed by atoms with E-state index in [4.69, 9.17) is 4.98 Å². The highest BCUT2D eigenvalue weighted by molar-refractivity contribution is 5.86. The number of aromatic hydroxyl groups is 1. The molecule has 9 heteroatoms. The summed E-state index contributed by atoms with van der Waals surface area (Å²) >= 11 is 0. The SMILES string of the molecule is Cc1cc(-n2ccnc2)cc2[nH]c(-c3c(NCc4cc(O)ccn4)cc[nH]c3=O)nc12. The zero-order valence-electron chi connectivity index (χ0n) is 16.6. The quantitative estimate of drug-likeness (QED) is 0.351. The maximum Gasteiger partial charge on any atom is 0.261 e. The molecule has 0 spiro atoms. The van der Waals surface area contributed by atoms with Crippen LogP contribution in [0.2, 0.25) is 0 Å². The number of hydrogen-bond acceptors (Lipinski definition) is 6. The molecule has 0 saturated carbocycles. The van der Waals surface area contributed by atoms with Crippen molar-refractivity contribution in [1.29, 1.82) is 0 Å². The molecule has 5 aromatic rings. The largest absolute Gasteiger partial charge is 0.508 e. The van der Waals surface area contributed by atoms with Crippen LogP contribution in [0.3, 0.4) is 0 Å². The summed E-state index contributed by atoms with van der Waals surface area (Å²) in [7, 11) is 0. The number of fused-ring (bicyclic) bond motifs is 1. The third-order valence-electron chi connectivity index (χ3n) is 5.02. The number of rotatable bonds is 5. The monoisotopic (exact) mass is 413 g/mol. The van der Waals surface area contributed by atoms with Gasteiger partial charge in [0.25, 0.3) is 5.56 Å². The van der Waals surface area contributed by atoms with Gasteiger partial charge in [0.1, 0.15) is 17.1 Å². The molecular formula is C22H19N7O2. The number of hydrogen-bond donors (Lipinski definition) is 4. The van der Waals surface area contributed by atoms with Gasteiger partial charge < -0.3 is 25.0 Å². The molecule has 4 heterocycles. The van der Waals surface area contributed by atoms with Gasteiger partial charge in [-0.3, -0.25) is 9.78 Å². The van der Waals surface area contributed by atoms with Crippen molar-refractivity contribution in [1.82, 2.24) is 29.5 Å². The van der Waals surface area contributed by atoms with Crippen molar-refractivity contribution in [2.24, 2.45) is 0 Å². The molecule has 31 heavy (non-hydrogen) atoms. The highest BCUT2D eigenvalue weighted by atomic mass is 16.3. The topological polar surface area (TPSA) is 125 Å². The summed E-state index contributed by atoms with van der Waals surface area (Å²) < 4.78 is 1.91. The van der Waals surface area contributed by atoms with Gasteiger partial charge in [-0.05, 0) is 36.8 Å². The van der Waals surface area contributed by atoms with Crippen LogP contribution in [0.1, 0.15) is 11.3 Å². The minimum absolute atomic E-state index is 0.138. The van der Waals surface area contributed by atoms with Crippen LogP contribution in [0.25, 0.3) is 28.1 Å². The Kier molecular flexibility index (Phi) is 4.47. The first-order chi connectivity index (χ1) is 15.1. The Hall–Kier alpha value is -4.40. The number of imidazole rings is 2. The lowest BCUT2D eigenvalue weighted by Gasteiger charge is -2.09. The number of H-pyrrole nitrogens is 2. The van der Waals surface area contributed by atoms with Crippen LogP contribution in [0.4, 0.5) is 5.69 Å². The number of nitrogens with zero attached hydrogens (tertiary/aromatic N) is 4. The third-order valence-corrected chi connectivity index (χ3v) is 5.02. The zero-order valence-corrected chi connectivity index (χ0v) is 16.6. The summed E-state index contributed by atoms with van der Waals surface area (Å²) in [5.74, 6) is 0.605. The smallest absolute Gasteiger partial charge is 0.261 e. The molecule has 9 nitrogen and oxygen atoms in total. The lowest BCUT2D eigenvalue weighted by molar-refractivity contribution is 0.473. The molecule has 0 aliphatic heterocycles. The number of pyridine rings is 2. The molecule has 1 aromatic carbocycles. The lowest BCUT2D eigenvalue weighted by atomic mass is 10.2. The Balaban J connectivity index is 1.55. The molecule has 0 amide bonds. The molecule has 0 bridgehead atoms. The van der Waals surface area contributed by atoms with Crippen LogP contribution in [0, 0.1) is 6.92 Å². The van der Waals surface area contributed by atoms with Crippen molar-refractivity contribution in [3.05, 3.63) is 83.1 Å². The summed E-state index contributed by atoms with van der Waals surface area (Å²) in [5.41, 5.74) is 4.95. The average molecular weight is 413 g/mol. The number of aromatic nitrogens is 6. The predicted octanol–water partition coefficient (Wildman–Crippen LogP) is 3.13. The van der Waals surface area contributed by atoms with E-state index in [0.717, 1.165) is 22.3 Å². The fraction of sp³-hybridized carbons (Fsp3) is 0.0909. The third kappa shape index (κ3) is 3.52. The summed E-state index contributed by atoms with van der Waals surface area (Å²) in [6, 6.07) is 8.85. The first-order valence-corrected chi connectivity index (χ1v) is 9.67. The fourth-order valence-electron chi connectivity index (χ4n) is 3.56. The molecular weight excluding hydrogens is 394 g/mol. The van der Waals surface area contributed by atoms with Crippen molar-refractivity contribution in [2.45, 2.75) is 13.5 Å². The number of aryl methyl sites for hydroxylation is 1. The fourth-order valence-corrected chi connectivity index (χ4v) is 3.56. The number of aromatic amines is 2. The van der Waals surface area contributed by atoms with Crippen molar-refractivity contribution in [3.8, 4) is 22.8 Å². The number of nitrogens with one attached hydrogen (secondary N) is 3. The van der Waals surface area contributed by atoms with Crippen LogP contribution in [0.15, 0.2) is 66.2 Å². The van der Waals surface area contributed by atoms with Gasteiger partial charge in [0.2, 0.25) is 0 Å². The van der Waals surface area contributed by atoms with Gasteiger partial charge in [0.15, 0.2) is 0 Å². The van der Waals surface area contributed by atoms with E-state index in [1.54, 1.807) is 30.9 Å². The van der Waals surface area contributed by atoms with E-state index in [0.29, 0.717) is 29.3 Å². The second-order valence-corrected chi connectivity index (χ2v) is 7.17.